The van der Waals surface area contributed by atoms with E-state index >= 15 is 0 Å². The zero-order valence-electron chi connectivity index (χ0n) is 20.4. The Balaban J connectivity index is 1.92. The van der Waals surface area contributed by atoms with Crippen LogP contribution in [0.15, 0.2) is 36.4 Å². The Labute approximate surface area is 193 Å². The Bertz CT molecular complexity index is 981. The average Bonchev–Trinajstić information content (AvgIpc) is 3.15. The minimum atomic E-state index is -0.494. The van der Waals surface area contributed by atoms with Gasteiger partial charge in [-0.1, -0.05) is 50.2 Å². The van der Waals surface area contributed by atoms with Crippen molar-refractivity contribution < 1.29 is 14.3 Å². The van der Waals surface area contributed by atoms with Crippen LogP contribution in [0.3, 0.4) is 0 Å². The van der Waals surface area contributed by atoms with Crippen LogP contribution in [0.25, 0.3) is 0 Å². The summed E-state index contributed by atoms with van der Waals surface area (Å²) in [5.74, 6) is -0.114. The predicted molar refractivity (Wildman–Crippen MR) is 129 cm³/mol. The summed E-state index contributed by atoms with van der Waals surface area (Å²) < 4.78 is 5.24. The monoisotopic (exact) mass is 435 g/mol. The van der Waals surface area contributed by atoms with E-state index in [1.165, 1.54) is 32.7 Å². The molecule has 172 valence electrons. The first kappa shape index (κ1) is 24.0. The third-order valence-electron chi connectivity index (χ3n) is 7.14. The van der Waals surface area contributed by atoms with Gasteiger partial charge in [-0.25, -0.2) is 9.69 Å². The second-order valence-corrected chi connectivity index (χ2v) is 9.35. The molecule has 2 aromatic rings. The maximum Gasteiger partial charge on any atom is 0.416 e. The van der Waals surface area contributed by atoms with E-state index in [-0.39, 0.29) is 23.8 Å². The van der Waals surface area contributed by atoms with Gasteiger partial charge in [-0.05, 0) is 92.7 Å². The topological polar surface area (TPSA) is 46.6 Å². The molecule has 0 aromatic heterocycles. The molecule has 32 heavy (non-hydrogen) atoms. The van der Waals surface area contributed by atoms with Crippen LogP contribution in [0.5, 0.6) is 0 Å². The van der Waals surface area contributed by atoms with Crippen molar-refractivity contribution >= 4 is 12.0 Å². The number of nitrogens with zero attached hydrogens (tertiary/aromatic N) is 1. The van der Waals surface area contributed by atoms with Crippen molar-refractivity contribution in [2.75, 3.05) is 6.61 Å². The second kappa shape index (κ2) is 10.3. The smallest absolute Gasteiger partial charge is 0.416 e. The van der Waals surface area contributed by atoms with Crippen molar-refractivity contribution in [1.29, 1.82) is 0 Å². The van der Waals surface area contributed by atoms with Gasteiger partial charge in [0.25, 0.3) is 0 Å². The molecule has 0 unspecified atom stereocenters. The fourth-order valence-electron chi connectivity index (χ4n) is 4.61. The Morgan fingerprint density at radius 1 is 1.00 bits per heavy atom. The second-order valence-electron chi connectivity index (χ2n) is 9.35. The van der Waals surface area contributed by atoms with Crippen LogP contribution < -0.4 is 0 Å². The van der Waals surface area contributed by atoms with Crippen molar-refractivity contribution in [3.8, 4) is 0 Å². The Hall–Kier alpha value is -2.62. The van der Waals surface area contributed by atoms with E-state index in [9.17, 15) is 9.59 Å². The van der Waals surface area contributed by atoms with Gasteiger partial charge < -0.3 is 4.74 Å². The quantitative estimate of drug-likeness (QED) is 0.481. The van der Waals surface area contributed by atoms with E-state index in [0.717, 1.165) is 12.0 Å². The standard InChI is InChI=1S/C28H37NO3/c1-7-23(24-12-10-19(4)21(6)14-24)16-25(15-22-11-9-18(3)20(5)13-22)27(30)29-26(8-2)17-32-28(29)31/h9-14,23,25-26H,7-8,15-17H2,1-6H3/t23-,25-,26-/m0/s1. The molecule has 0 aliphatic carbocycles. The summed E-state index contributed by atoms with van der Waals surface area (Å²) in [6.07, 6.45) is 2.50. The third-order valence-corrected chi connectivity index (χ3v) is 7.14. The van der Waals surface area contributed by atoms with Gasteiger partial charge in [0, 0.05) is 5.92 Å². The molecule has 4 nitrogen and oxygen atoms in total. The summed E-state index contributed by atoms with van der Waals surface area (Å²) in [5.41, 5.74) is 7.42. The molecule has 0 spiro atoms. The van der Waals surface area contributed by atoms with Gasteiger partial charge in [0.15, 0.2) is 0 Å². The van der Waals surface area contributed by atoms with E-state index < -0.39 is 6.09 Å². The number of imide groups is 1. The molecule has 1 aliphatic rings. The number of carbonyl (C=O) groups excluding carboxylic acids is 2. The summed E-state index contributed by atoms with van der Waals surface area (Å²) in [7, 11) is 0. The number of cyclic esters (lactones) is 1. The molecule has 1 aliphatic heterocycles. The number of aryl methyl sites for hydroxylation is 4. The molecule has 2 aromatic carbocycles. The van der Waals surface area contributed by atoms with E-state index in [1.807, 2.05) is 6.92 Å². The SMILES string of the molecule is CC[C@@H](C[C@H](Cc1ccc(C)c(C)c1)C(=O)N1C(=O)OC[C@@H]1CC)c1ccc(C)c(C)c1. The molecule has 0 bridgehead atoms. The first-order chi connectivity index (χ1) is 15.2. The van der Waals surface area contributed by atoms with Crippen molar-refractivity contribution in [3.63, 3.8) is 0 Å². The molecule has 3 atom stereocenters. The van der Waals surface area contributed by atoms with Crippen LogP contribution in [-0.4, -0.2) is 29.5 Å². The van der Waals surface area contributed by atoms with Crippen molar-refractivity contribution in [1.82, 2.24) is 4.90 Å². The lowest BCUT2D eigenvalue weighted by molar-refractivity contribution is -0.133. The van der Waals surface area contributed by atoms with Crippen LogP contribution >= 0.6 is 0 Å². The summed E-state index contributed by atoms with van der Waals surface area (Å²) >= 11 is 0. The first-order valence-corrected chi connectivity index (χ1v) is 11.9. The number of rotatable bonds is 8. The Kier molecular flexibility index (Phi) is 7.76. The third kappa shape index (κ3) is 5.23. The van der Waals surface area contributed by atoms with Crippen LogP contribution in [0.4, 0.5) is 4.79 Å². The highest BCUT2D eigenvalue weighted by Crippen LogP contribution is 2.32. The number of carbonyl (C=O) groups is 2. The van der Waals surface area contributed by atoms with E-state index in [0.29, 0.717) is 25.9 Å². The molecule has 4 heteroatoms. The van der Waals surface area contributed by atoms with Gasteiger partial charge in [-0.2, -0.15) is 0 Å². The number of hydrogen-bond donors (Lipinski definition) is 0. The van der Waals surface area contributed by atoms with Crippen molar-refractivity contribution in [3.05, 3.63) is 69.8 Å². The van der Waals surface area contributed by atoms with Crippen molar-refractivity contribution in [2.24, 2.45) is 5.92 Å². The lowest BCUT2D eigenvalue weighted by Gasteiger charge is -2.28. The van der Waals surface area contributed by atoms with E-state index in [2.05, 4.69) is 71.0 Å². The highest BCUT2D eigenvalue weighted by atomic mass is 16.6. The van der Waals surface area contributed by atoms with Gasteiger partial charge in [0.2, 0.25) is 5.91 Å². The maximum absolute atomic E-state index is 13.7. The van der Waals surface area contributed by atoms with Crippen LogP contribution in [0.1, 0.15) is 72.4 Å². The van der Waals surface area contributed by atoms with Gasteiger partial charge in [0.05, 0.1) is 6.04 Å². The lowest BCUT2D eigenvalue weighted by Crippen LogP contribution is -2.43. The molecule has 0 radical (unpaired) electrons. The summed E-state index contributed by atoms with van der Waals surface area (Å²) in [4.78, 5) is 27.5. The largest absolute Gasteiger partial charge is 0.447 e. The van der Waals surface area contributed by atoms with Gasteiger partial charge in [-0.3, -0.25) is 4.79 Å². The highest BCUT2D eigenvalue weighted by molar-refractivity contribution is 5.95. The number of ether oxygens (including phenoxy) is 1. The predicted octanol–water partition coefficient (Wildman–Crippen LogP) is 6.42. The Morgan fingerprint density at radius 2 is 1.66 bits per heavy atom. The highest BCUT2D eigenvalue weighted by Gasteiger charge is 2.40. The summed E-state index contributed by atoms with van der Waals surface area (Å²) in [6.45, 7) is 12.9. The fraction of sp³-hybridized carbons (Fsp3) is 0.500. The zero-order valence-corrected chi connectivity index (χ0v) is 20.4. The minimum Gasteiger partial charge on any atom is -0.447 e. The van der Waals surface area contributed by atoms with Gasteiger partial charge in [0.1, 0.15) is 6.61 Å². The Morgan fingerprint density at radius 3 is 2.25 bits per heavy atom. The fourth-order valence-corrected chi connectivity index (χ4v) is 4.61. The van der Waals surface area contributed by atoms with E-state index in [4.69, 9.17) is 4.74 Å². The molecular weight excluding hydrogens is 398 g/mol. The molecule has 3 rings (SSSR count). The molecule has 0 N–H and O–H groups in total. The molecule has 0 saturated carbocycles. The van der Waals surface area contributed by atoms with Crippen molar-refractivity contribution in [2.45, 2.75) is 79.2 Å². The molecule has 2 amide bonds. The summed E-state index contributed by atoms with van der Waals surface area (Å²) in [6, 6.07) is 12.8. The molecule has 1 saturated heterocycles. The molecular formula is C28H37NO3. The van der Waals surface area contributed by atoms with Crippen LogP contribution in [0.2, 0.25) is 0 Å². The molecule has 1 fully saturated rings. The number of amides is 2. The number of hydrogen-bond acceptors (Lipinski definition) is 3. The normalized spacial score (nSPS) is 17.9. The van der Waals surface area contributed by atoms with Gasteiger partial charge >= 0.3 is 6.09 Å². The number of benzene rings is 2. The van der Waals surface area contributed by atoms with Gasteiger partial charge in [-0.15, -0.1) is 0 Å². The maximum atomic E-state index is 13.7. The summed E-state index contributed by atoms with van der Waals surface area (Å²) in [5, 5.41) is 0. The lowest BCUT2D eigenvalue weighted by atomic mass is 9.82. The van der Waals surface area contributed by atoms with Crippen LogP contribution in [0, 0.1) is 33.6 Å². The van der Waals surface area contributed by atoms with E-state index in [1.54, 1.807) is 0 Å². The molecule has 1 heterocycles. The average molecular weight is 436 g/mol. The first-order valence-electron chi connectivity index (χ1n) is 11.9. The minimum absolute atomic E-state index is 0.0974. The van der Waals surface area contributed by atoms with Crippen LogP contribution in [-0.2, 0) is 16.0 Å². The zero-order chi connectivity index (χ0) is 23.4.